The van der Waals surface area contributed by atoms with E-state index in [1.807, 2.05) is 25.1 Å². The van der Waals surface area contributed by atoms with E-state index in [9.17, 15) is 9.59 Å². The molecule has 2 aromatic heterocycles. The quantitative estimate of drug-likeness (QED) is 0.726. The number of carbonyl (C=O) groups excluding carboxylic acids is 2. The summed E-state index contributed by atoms with van der Waals surface area (Å²) in [7, 11) is 1.80. The van der Waals surface area contributed by atoms with Crippen molar-refractivity contribution in [1.82, 2.24) is 9.78 Å². The molecule has 0 radical (unpaired) electrons. The number of fused-ring (bicyclic) bond motifs is 1. The van der Waals surface area contributed by atoms with Gasteiger partial charge in [-0.3, -0.25) is 9.48 Å². The van der Waals surface area contributed by atoms with Gasteiger partial charge >= 0.3 is 5.97 Å². The van der Waals surface area contributed by atoms with Crippen LogP contribution in [0, 0.1) is 20.8 Å². The Morgan fingerprint density at radius 2 is 1.92 bits per heavy atom. The number of hydrogen-bond acceptors (Lipinski definition) is 5. The van der Waals surface area contributed by atoms with Gasteiger partial charge in [0, 0.05) is 18.0 Å². The van der Waals surface area contributed by atoms with E-state index < -0.39 is 18.0 Å². The highest BCUT2D eigenvalue weighted by atomic mass is 16.6. The average molecular weight is 355 g/mol. The van der Waals surface area contributed by atoms with Gasteiger partial charge in [0.15, 0.2) is 6.10 Å². The minimum absolute atomic E-state index is 0.111. The minimum atomic E-state index is -0.978. The van der Waals surface area contributed by atoms with E-state index in [-0.39, 0.29) is 5.76 Å². The van der Waals surface area contributed by atoms with Gasteiger partial charge in [-0.2, -0.15) is 5.10 Å². The smallest absolute Gasteiger partial charge is 0.375 e. The highest BCUT2D eigenvalue weighted by Gasteiger charge is 2.25. The van der Waals surface area contributed by atoms with Crippen molar-refractivity contribution in [2.45, 2.75) is 33.8 Å². The van der Waals surface area contributed by atoms with E-state index in [1.54, 1.807) is 31.6 Å². The highest BCUT2D eigenvalue weighted by Crippen LogP contribution is 2.26. The van der Waals surface area contributed by atoms with Crippen molar-refractivity contribution in [2.75, 3.05) is 5.32 Å². The van der Waals surface area contributed by atoms with Crippen LogP contribution in [0.5, 0.6) is 0 Å². The maximum atomic E-state index is 12.4. The van der Waals surface area contributed by atoms with Crippen molar-refractivity contribution in [1.29, 1.82) is 0 Å². The molecule has 7 heteroatoms. The van der Waals surface area contributed by atoms with E-state index in [2.05, 4.69) is 10.4 Å². The van der Waals surface area contributed by atoms with Gasteiger partial charge in [-0.05, 0) is 33.8 Å². The largest absolute Gasteiger partial charge is 0.449 e. The maximum Gasteiger partial charge on any atom is 0.375 e. The number of esters is 1. The van der Waals surface area contributed by atoms with Crippen molar-refractivity contribution in [3.8, 4) is 0 Å². The number of hydrogen-bond donors (Lipinski definition) is 1. The van der Waals surface area contributed by atoms with Crippen LogP contribution in [0.4, 0.5) is 5.69 Å². The van der Waals surface area contributed by atoms with Crippen LogP contribution in [0.1, 0.15) is 34.4 Å². The number of rotatable bonds is 4. The van der Waals surface area contributed by atoms with E-state index in [0.29, 0.717) is 22.5 Å². The SMILES string of the molecule is Cc1nn(C)c(C)c1NC(=O)[C@@H](C)OC(=O)c1oc2ccccc2c1C. The summed E-state index contributed by atoms with van der Waals surface area (Å²) in [5.74, 6) is -0.980. The Kier molecular flexibility index (Phi) is 4.54. The summed E-state index contributed by atoms with van der Waals surface area (Å²) in [6.45, 7) is 6.96. The molecule has 26 heavy (non-hydrogen) atoms. The molecule has 0 bridgehead atoms. The van der Waals surface area contributed by atoms with Gasteiger partial charge < -0.3 is 14.5 Å². The molecule has 0 spiro atoms. The molecule has 0 aliphatic carbocycles. The molecule has 0 aliphatic rings. The first kappa shape index (κ1) is 17.7. The fourth-order valence-corrected chi connectivity index (χ4v) is 2.82. The van der Waals surface area contributed by atoms with Crippen LogP contribution in [0.2, 0.25) is 0 Å². The molecule has 1 aromatic carbocycles. The number of para-hydroxylation sites is 1. The molecule has 7 nitrogen and oxygen atoms in total. The van der Waals surface area contributed by atoms with Crippen molar-refractivity contribution < 1.29 is 18.7 Å². The highest BCUT2D eigenvalue weighted by molar-refractivity contribution is 5.99. The Morgan fingerprint density at radius 1 is 1.23 bits per heavy atom. The lowest BCUT2D eigenvalue weighted by atomic mass is 10.1. The summed E-state index contributed by atoms with van der Waals surface area (Å²) in [6.07, 6.45) is -0.978. The predicted octanol–water partition coefficient (Wildman–Crippen LogP) is 3.28. The zero-order valence-corrected chi connectivity index (χ0v) is 15.4. The average Bonchev–Trinajstić information content (AvgIpc) is 3.06. The fourth-order valence-electron chi connectivity index (χ4n) is 2.82. The third-order valence-corrected chi connectivity index (χ3v) is 4.44. The van der Waals surface area contributed by atoms with Crippen LogP contribution < -0.4 is 5.32 Å². The summed E-state index contributed by atoms with van der Waals surface area (Å²) in [5, 5.41) is 7.86. The number of ether oxygens (including phenoxy) is 1. The Balaban J connectivity index is 1.74. The zero-order valence-electron chi connectivity index (χ0n) is 15.4. The van der Waals surface area contributed by atoms with Gasteiger partial charge in [0.25, 0.3) is 5.91 Å². The fraction of sp³-hybridized carbons (Fsp3) is 0.316. The van der Waals surface area contributed by atoms with Gasteiger partial charge in [0.1, 0.15) is 5.58 Å². The number of aromatic nitrogens is 2. The van der Waals surface area contributed by atoms with Crippen LogP contribution in [-0.4, -0.2) is 27.8 Å². The number of anilines is 1. The monoisotopic (exact) mass is 355 g/mol. The standard InChI is InChI=1S/C19H21N3O4/c1-10-14-8-6-7-9-15(14)26-17(10)19(24)25-13(4)18(23)20-16-11(2)21-22(5)12(16)3/h6-9,13H,1-5H3,(H,20,23)/t13-/m1/s1. The van der Waals surface area contributed by atoms with Crippen LogP contribution in [0.25, 0.3) is 11.0 Å². The molecule has 1 atom stereocenters. The number of furan rings is 1. The normalized spacial score (nSPS) is 12.2. The van der Waals surface area contributed by atoms with Crippen LogP contribution in [-0.2, 0) is 16.6 Å². The number of benzene rings is 1. The summed E-state index contributed by atoms with van der Waals surface area (Å²) < 4.78 is 12.6. The Labute approximate surface area is 150 Å². The van der Waals surface area contributed by atoms with Gasteiger partial charge in [-0.15, -0.1) is 0 Å². The maximum absolute atomic E-state index is 12.4. The third-order valence-electron chi connectivity index (χ3n) is 4.44. The summed E-state index contributed by atoms with van der Waals surface area (Å²) in [5.41, 5.74) is 3.45. The second-order valence-corrected chi connectivity index (χ2v) is 6.26. The van der Waals surface area contributed by atoms with E-state index in [4.69, 9.17) is 9.15 Å². The molecule has 0 unspecified atom stereocenters. The minimum Gasteiger partial charge on any atom is -0.449 e. The van der Waals surface area contributed by atoms with Crippen LogP contribution in [0.15, 0.2) is 28.7 Å². The topological polar surface area (TPSA) is 86.4 Å². The van der Waals surface area contributed by atoms with Gasteiger partial charge in [-0.25, -0.2) is 4.79 Å². The Morgan fingerprint density at radius 3 is 2.54 bits per heavy atom. The molecule has 1 N–H and O–H groups in total. The number of nitrogens with one attached hydrogen (secondary N) is 1. The molecule has 3 aromatic rings. The second kappa shape index (κ2) is 6.67. The molecule has 0 saturated carbocycles. The van der Waals surface area contributed by atoms with Crippen molar-refractivity contribution in [3.05, 3.63) is 47.0 Å². The predicted molar refractivity (Wildman–Crippen MR) is 97.1 cm³/mol. The first-order valence-corrected chi connectivity index (χ1v) is 8.29. The number of amides is 1. The van der Waals surface area contributed by atoms with Crippen molar-refractivity contribution in [3.63, 3.8) is 0 Å². The summed E-state index contributed by atoms with van der Waals surface area (Å²) in [6, 6.07) is 7.35. The van der Waals surface area contributed by atoms with E-state index >= 15 is 0 Å². The van der Waals surface area contributed by atoms with Crippen molar-refractivity contribution >= 4 is 28.5 Å². The van der Waals surface area contributed by atoms with Crippen LogP contribution in [0.3, 0.4) is 0 Å². The number of nitrogens with zero attached hydrogens (tertiary/aromatic N) is 2. The van der Waals surface area contributed by atoms with E-state index in [0.717, 1.165) is 11.1 Å². The van der Waals surface area contributed by atoms with Crippen molar-refractivity contribution in [2.24, 2.45) is 7.05 Å². The Hall–Kier alpha value is -3.09. The molecule has 0 aliphatic heterocycles. The second-order valence-electron chi connectivity index (χ2n) is 6.26. The molecule has 3 rings (SSSR count). The first-order valence-electron chi connectivity index (χ1n) is 8.29. The number of aryl methyl sites for hydroxylation is 3. The molecule has 1 amide bonds. The lowest BCUT2D eigenvalue weighted by Crippen LogP contribution is -2.30. The lowest BCUT2D eigenvalue weighted by molar-refractivity contribution is -0.123. The lowest BCUT2D eigenvalue weighted by Gasteiger charge is -2.13. The molecule has 0 saturated heterocycles. The summed E-state index contributed by atoms with van der Waals surface area (Å²) in [4.78, 5) is 24.8. The zero-order chi connectivity index (χ0) is 19.0. The molecule has 2 heterocycles. The van der Waals surface area contributed by atoms with Gasteiger partial charge in [0.05, 0.1) is 17.1 Å². The van der Waals surface area contributed by atoms with Crippen LogP contribution >= 0.6 is 0 Å². The van der Waals surface area contributed by atoms with Gasteiger partial charge in [-0.1, -0.05) is 18.2 Å². The number of carbonyl (C=O) groups is 2. The first-order chi connectivity index (χ1) is 12.3. The molecule has 0 fully saturated rings. The third kappa shape index (κ3) is 3.08. The Bertz CT molecular complexity index is 1000. The molecular formula is C19H21N3O4. The molecule has 136 valence electrons. The van der Waals surface area contributed by atoms with Gasteiger partial charge in [0.2, 0.25) is 5.76 Å². The molecular weight excluding hydrogens is 334 g/mol. The summed E-state index contributed by atoms with van der Waals surface area (Å²) >= 11 is 0. The van der Waals surface area contributed by atoms with E-state index in [1.165, 1.54) is 6.92 Å².